The van der Waals surface area contributed by atoms with Crippen LogP contribution in [0.15, 0.2) is 0 Å². The van der Waals surface area contributed by atoms with Gasteiger partial charge in [0.25, 0.3) is 0 Å². The van der Waals surface area contributed by atoms with Crippen molar-refractivity contribution in [2.45, 2.75) is 52.0 Å². The molecule has 0 aromatic rings. The fourth-order valence-electron chi connectivity index (χ4n) is 3.43. The van der Waals surface area contributed by atoms with E-state index in [1.807, 2.05) is 0 Å². The molecule has 1 N–H and O–H groups in total. The van der Waals surface area contributed by atoms with Crippen LogP contribution in [0.1, 0.15) is 46.0 Å². The van der Waals surface area contributed by atoms with Gasteiger partial charge in [-0.3, -0.25) is 0 Å². The maximum atomic E-state index is 3.66. The van der Waals surface area contributed by atoms with Crippen LogP contribution < -0.4 is 5.32 Å². The van der Waals surface area contributed by atoms with Crippen molar-refractivity contribution < 1.29 is 0 Å². The first-order valence-corrected chi connectivity index (χ1v) is 6.04. The molecular weight excluding hydrogens is 158 g/mol. The molecule has 76 valence electrons. The Labute approximate surface area is 82.3 Å². The Bertz CT molecular complexity index is 167. The number of rotatable bonds is 4. The summed E-state index contributed by atoms with van der Waals surface area (Å²) in [5.41, 5.74) is 0. The van der Waals surface area contributed by atoms with Crippen molar-refractivity contribution in [3.05, 3.63) is 0 Å². The van der Waals surface area contributed by atoms with E-state index in [0.717, 1.165) is 23.8 Å². The summed E-state index contributed by atoms with van der Waals surface area (Å²) in [4.78, 5) is 0. The highest BCUT2D eigenvalue weighted by Gasteiger charge is 2.41. The lowest BCUT2D eigenvalue weighted by Gasteiger charge is -2.28. The van der Waals surface area contributed by atoms with Crippen LogP contribution in [0, 0.1) is 17.8 Å². The number of hydrogen-bond donors (Lipinski definition) is 1. The van der Waals surface area contributed by atoms with E-state index in [-0.39, 0.29) is 0 Å². The van der Waals surface area contributed by atoms with Gasteiger partial charge >= 0.3 is 0 Å². The molecule has 2 saturated carbocycles. The van der Waals surface area contributed by atoms with E-state index in [1.165, 1.54) is 32.2 Å². The summed E-state index contributed by atoms with van der Waals surface area (Å²) in [7, 11) is 0. The summed E-state index contributed by atoms with van der Waals surface area (Å²) in [5.74, 6) is 3.18. The third kappa shape index (κ3) is 1.90. The van der Waals surface area contributed by atoms with Crippen LogP contribution in [0.4, 0.5) is 0 Å². The third-order valence-corrected chi connectivity index (χ3v) is 4.15. The first kappa shape index (κ1) is 9.51. The number of fused-ring (bicyclic) bond motifs is 2. The van der Waals surface area contributed by atoms with Gasteiger partial charge in [0.15, 0.2) is 0 Å². The van der Waals surface area contributed by atoms with E-state index in [1.54, 1.807) is 6.42 Å². The van der Waals surface area contributed by atoms with E-state index in [4.69, 9.17) is 0 Å². The van der Waals surface area contributed by atoms with Crippen LogP contribution in [0.25, 0.3) is 0 Å². The van der Waals surface area contributed by atoms with Crippen molar-refractivity contribution in [3.63, 3.8) is 0 Å². The average Bonchev–Trinajstić information content (AvgIpc) is 2.74. The molecule has 0 radical (unpaired) electrons. The van der Waals surface area contributed by atoms with E-state index in [0.29, 0.717) is 0 Å². The molecule has 13 heavy (non-hydrogen) atoms. The van der Waals surface area contributed by atoms with E-state index in [2.05, 4.69) is 19.2 Å². The minimum absolute atomic E-state index is 0.773. The Morgan fingerprint density at radius 3 is 2.69 bits per heavy atom. The lowest BCUT2D eigenvalue weighted by atomic mass is 9.84. The van der Waals surface area contributed by atoms with E-state index in [9.17, 15) is 0 Å². The van der Waals surface area contributed by atoms with Crippen LogP contribution in [0.2, 0.25) is 0 Å². The monoisotopic (exact) mass is 181 g/mol. The lowest BCUT2D eigenvalue weighted by Crippen LogP contribution is -2.36. The molecule has 2 aliphatic rings. The quantitative estimate of drug-likeness (QED) is 0.703. The van der Waals surface area contributed by atoms with Gasteiger partial charge in [-0.1, -0.05) is 13.3 Å². The number of nitrogens with one attached hydrogen (secondary N) is 1. The molecule has 2 aliphatic carbocycles. The van der Waals surface area contributed by atoms with Crippen molar-refractivity contribution in [2.75, 3.05) is 6.54 Å². The van der Waals surface area contributed by atoms with Gasteiger partial charge in [0.2, 0.25) is 0 Å². The summed E-state index contributed by atoms with van der Waals surface area (Å²) in [5, 5.41) is 3.66. The normalized spacial score (nSPS) is 39.7. The Kier molecular flexibility index (Phi) is 2.92. The molecule has 0 aromatic heterocycles. The molecule has 0 saturated heterocycles. The van der Waals surface area contributed by atoms with Gasteiger partial charge in [0.1, 0.15) is 0 Å². The van der Waals surface area contributed by atoms with Crippen molar-refractivity contribution in [1.82, 2.24) is 5.32 Å². The van der Waals surface area contributed by atoms with Crippen molar-refractivity contribution >= 4 is 0 Å². The summed E-state index contributed by atoms with van der Waals surface area (Å²) in [6.07, 6.45) is 7.38. The molecule has 1 heteroatoms. The zero-order chi connectivity index (χ0) is 9.26. The fraction of sp³-hybridized carbons (Fsp3) is 1.00. The van der Waals surface area contributed by atoms with Gasteiger partial charge in [-0.05, 0) is 56.9 Å². The maximum Gasteiger partial charge on any atom is 0.00697 e. The predicted molar refractivity (Wildman–Crippen MR) is 56.7 cm³/mol. The van der Waals surface area contributed by atoms with Crippen molar-refractivity contribution in [1.29, 1.82) is 0 Å². The highest BCUT2D eigenvalue weighted by Crippen LogP contribution is 2.49. The van der Waals surface area contributed by atoms with Crippen LogP contribution in [0.3, 0.4) is 0 Å². The first-order valence-electron chi connectivity index (χ1n) is 6.04. The van der Waals surface area contributed by atoms with Crippen molar-refractivity contribution in [3.8, 4) is 0 Å². The molecule has 2 fully saturated rings. The zero-order valence-corrected chi connectivity index (χ0v) is 9.05. The summed E-state index contributed by atoms with van der Waals surface area (Å²) >= 11 is 0. The zero-order valence-electron chi connectivity index (χ0n) is 9.05. The molecule has 0 unspecified atom stereocenters. The first-order chi connectivity index (χ1) is 6.31. The molecule has 0 aliphatic heterocycles. The molecule has 2 rings (SSSR count). The minimum Gasteiger partial charge on any atom is -0.314 e. The summed E-state index contributed by atoms with van der Waals surface area (Å²) in [6.45, 7) is 5.84. The Morgan fingerprint density at radius 1 is 1.31 bits per heavy atom. The second kappa shape index (κ2) is 4.00. The maximum absolute atomic E-state index is 3.66. The molecule has 0 heterocycles. The standard InChI is InChI=1S/C12H23N/c1-3-6-13-9(2)12-8-10-4-5-11(12)7-10/h9-13H,3-8H2,1-2H3/t9-,10-,11-,12-/m0/s1. The highest BCUT2D eigenvalue weighted by atomic mass is 14.9. The van der Waals surface area contributed by atoms with Gasteiger partial charge < -0.3 is 5.32 Å². The molecule has 0 amide bonds. The molecule has 1 nitrogen and oxygen atoms in total. The lowest BCUT2D eigenvalue weighted by molar-refractivity contribution is 0.261. The SMILES string of the molecule is CCCN[C@@H](C)[C@@H]1C[C@H]2CC[C@H]1C2. The summed E-state index contributed by atoms with van der Waals surface area (Å²) in [6, 6.07) is 0.773. The molecule has 0 spiro atoms. The van der Waals surface area contributed by atoms with E-state index >= 15 is 0 Å². The second-order valence-corrected chi connectivity index (χ2v) is 5.08. The Balaban J connectivity index is 1.80. The van der Waals surface area contributed by atoms with Crippen LogP contribution in [-0.4, -0.2) is 12.6 Å². The smallest absolute Gasteiger partial charge is 0.00697 e. The average molecular weight is 181 g/mol. The van der Waals surface area contributed by atoms with Gasteiger partial charge in [-0.25, -0.2) is 0 Å². The summed E-state index contributed by atoms with van der Waals surface area (Å²) < 4.78 is 0. The number of hydrogen-bond acceptors (Lipinski definition) is 1. The van der Waals surface area contributed by atoms with Gasteiger partial charge in [0, 0.05) is 6.04 Å². The third-order valence-electron chi connectivity index (χ3n) is 4.15. The molecule has 2 bridgehead atoms. The Morgan fingerprint density at radius 2 is 2.15 bits per heavy atom. The fourth-order valence-corrected chi connectivity index (χ4v) is 3.43. The topological polar surface area (TPSA) is 12.0 Å². The minimum atomic E-state index is 0.773. The van der Waals surface area contributed by atoms with Crippen LogP contribution in [0.5, 0.6) is 0 Å². The largest absolute Gasteiger partial charge is 0.314 e. The predicted octanol–water partition coefficient (Wildman–Crippen LogP) is 2.81. The molecular formula is C12H23N. The van der Waals surface area contributed by atoms with Crippen molar-refractivity contribution in [2.24, 2.45) is 17.8 Å². The molecule has 4 atom stereocenters. The van der Waals surface area contributed by atoms with E-state index < -0.39 is 0 Å². The van der Waals surface area contributed by atoms with Gasteiger partial charge in [-0.2, -0.15) is 0 Å². The van der Waals surface area contributed by atoms with Gasteiger partial charge in [-0.15, -0.1) is 0 Å². The Hall–Kier alpha value is -0.0400. The van der Waals surface area contributed by atoms with Crippen LogP contribution >= 0.6 is 0 Å². The highest BCUT2D eigenvalue weighted by molar-refractivity contribution is 4.93. The molecule has 0 aromatic carbocycles. The van der Waals surface area contributed by atoms with Crippen LogP contribution in [-0.2, 0) is 0 Å². The van der Waals surface area contributed by atoms with Gasteiger partial charge in [0.05, 0.1) is 0 Å². The second-order valence-electron chi connectivity index (χ2n) is 5.08.